The molecule has 5 heteroatoms. The van der Waals surface area contributed by atoms with Gasteiger partial charge >= 0.3 is 0 Å². The minimum Gasteiger partial charge on any atom is -0.440 e. The van der Waals surface area contributed by atoms with E-state index in [1.165, 1.54) is 18.0 Å². The number of thioether (sulfide) groups is 1. The van der Waals surface area contributed by atoms with Crippen LogP contribution in [0.1, 0.15) is 13.8 Å². The Balaban J connectivity index is 2.32. The zero-order valence-corrected chi connectivity index (χ0v) is 9.04. The third-order valence-electron chi connectivity index (χ3n) is 1.47. The van der Waals surface area contributed by atoms with Gasteiger partial charge in [-0.1, -0.05) is 11.8 Å². The highest BCUT2D eigenvalue weighted by Crippen LogP contribution is 2.15. The van der Waals surface area contributed by atoms with Gasteiger partial charge in [-0.25, -0.2) is 4.98 Å². The van der Waals surface area contributed by atoms with E-state index < -0.39 is 0 Å². The van der Waals surface area contributed by atoms with E-state index in [2.05, 4.69) is 16.4 Å². The Kier molecular flexibility index (Phi) is 4.50. The summed E-state index contributed by atoms with van der Waals surface area (Å²) in [7, 11) is 0. The Morgan fingerprint density at radius 2 is 2.50 bits per heavy atom. The summed E-state index contributed by atoms with van der Waals surface area (Å²) in [5.41, 5.74) is 0. The van der Waals surface area contributed by atoms with E-state index in [1.807, 2.05) is 13.8 Å². The first-order valence-electron chi connectivity index (χ1n) is 4.40. The van der Waals surface area contributed by atoms with Crippen LogP contribution in [0.5, 0.6) is 0 Å². The van der Waals surface area contributed by atoms with E-state index in [4.69, 9.17) is 9.68 Å². The fourth-order valence-corrected chi connectivity index (χ4v) is 1.70. The maximum absolute atomic E-state index is 8.83. The average Bonchev–Trinajstić information content (AvgIpc) is 2.64. The summed E-state index contributed by atoms with van der Waals surface area (Å²) >= 11 is 1.44. The van der Waals surface area contributed by atoms with Crippen molar-refractivity contribution >= 4 is 11.8 Å². The summed E-state index contributed by atoms with van der Waals surface area (Å²) in [6.07, 6.45) is 3.12. The van der Waals surface area contributed by atoms with E-state index in [0.29, 0.717) is 17.0 Å². The van der Waals surface area contributed by atoms with Crippen molar-refractivity contribution in [2.75, 3.05) is 5.75 Å². The molecule has 0 saturated heterocycles. The molecule has 4 nitrogen and oxygen atoms in total. The van der Waals surface area contributed by atoms with Crippen molar-refractivity contribution in [2.45, 2.75) is 31.2 Å². The Hall–Kier alpha value is -0.990. The number of hydrogen-bond donors (Lipinski definition) is 1. The Morgan fingerprint density at radius 1 is 1.71 bits per heavy atom. The number of nitrogens with one attached hydrogen (secondary N) is 1. The fraction of sp³-hybridized carbons (Fsp3) is 0.556. The molecule has 0 fully saturated rings. The number of nitriles is 1. The maximum Gasteiger partial charge on any atom is 0.255 e. The minimum absolute atomic E-state index is 0.160. The van der Waals surface area contributed by atoms with E-state index in [9.17, 15) is 0 Å². The number of rotatable bonds is 5. The molecule has 0 aliphatic heterocycles. The van der Waals surface area contributed by atoms with Crippen LogP contribution < -0.4 is 5.32 Å². The summed E-state index contributed by atoms with van der Waals surface area (Å²) < 4.78 is 5.05. The van der Waals surface area contributed by atoms with Gasteiger partial charge in [-0.15, -0.1) is 0 Å². The first-order valence-corrected chi connectivity index (χ1v) is 5.39. The van der Waals surface area contributed by atoms with Crippen molar-refractivity contribution in [3.05, 3.63) is 12.5 Å². The van der Waals surface area contributed by atoms with Gasteiger partial charge in [-0.2, -0.15) is 5.26 Å². The summed E-state index contributed by atoms with van der Waals surface area (Å²) in [5, 5.41) is 12.6. The molecule has 0 aliphatic rings. The first-order chi connectivity index (χ1) is 6.72. The molecular weight excluding hydrogens is 198 g/mol. The molecule has 0 saturated carbocycles. The lowest BCUT2D eigenvalue weighted by molar-refractivity contribution is 0.453. The summed E-state index contributed by atoms with van der Waals surface area (Å²) in [6, 6.07) is 2.34. The third-order valence-corrected chi connectivity index (χ3v) is 2.42. The second kappa shape index (κ2) is 5.68. The fourth-order valence-electron chi connectivity index (χ4n) is 0.961. The molecular formula is C9H13N3OS. The zero-order valence-electron chi connectivity index (χ0n) is 8.23. The van der Waals surface area contributed by atoms with E-state index >= 15 is 0 Å². The molecule has 1 unspecified atom stereocenters. The second-order valence-corrected chi connectivity index (χ2v) is 4.08. The quantitative estimate of drug-likeness (QED) is 0.750. The van der Waals surface area contributed by atoms with Crippen molar-refractivity contribution in [1.29, 1.82) is 5.26 Å². The molecule has 1 rings (SSSR count). The number of hydrogen-bond acceptors (Lipinski definition) is 5. The van der Waals surface area contributed by atoms with Crippen LogP contribution in [0.15, 0.2) is 22.1 Å². The smallest absolute Gasteiger partial charge is 0.255 e. The molecule has 1 aromatic rings. The van der Waals surface area contributed by atoms with Crippen molar-refractivity contribution in [2.24, 2.45) is 0 Å². The molecule has 76 valence electrons. The van der Waals surface area contributed by atoms with Gasteiger partial charge < -0.3 is 4.42 Å². The number of nitrogens with zero attached hydrogens (tertiary/aromatic N) is 2. The average molecular weight is 211 g/mol. The van der Waals surface area contributed by atoms with E-state index in [1.54, 1.807) is 6.20 Å². The van der Waals surface area contributed by atoms with E-state index in [0.717, 1.165) is 0 Å². The molecule has 1 aromatic heterocycles. The highest BCUT2D eigenvalue weighted by Gasteiger charge is 2.10. The van der Waals surface area contributed by atoms with Crippen molar-refractivity contribution in [1.82, 2.24) is 10.3 Å². The minimum atomic E-state index is -0.160. The van der Waals surface area contributed by atoms with Crippen LogP contribution in [0.25, 0.3) is 0 Å². The van der Waals surface area contributed by atoms with Gasteiger partial charge in [0.1, 0.15) is 12.3 Å². The van der Waals surface area contributed by atoms with Gasteiger partial charge in [0.2, 0.25) is 0 Å². The lowest BCUT2D eigenvalue weighted by atomic mass is 10.3. The zero-order chi connectivity index (χ0) is 10.4. The number of aromatic nitrogens is 1. The first kappa shape index (κ1) is 11.1. The van der Waals surface area contributed by atoms with Crippen LogP contribution in [-0.4, -0.2) is 22.8 Å². The predicted octanol–water partition coefficient (Wildman–Crippen LogP) is 1.66. The van der Waals surface area contributed by atoms with Gasteiger partial charge in [0.05, 0.1) is 12.3 Å². The molecule has 0 aliphatic carbocycles. The Morgan fingerprint density at radius 3 is 3.00 bits per heavy atom. The van der Waals surface area contributed by atoms with Crippen LogP contribution in [0, 0.1) is 11.3 Å². The standard InChI is InChI=1S/C9H13N3OS/c1-7(2)12-8(5-10)6-14-9-11-3-4-13-9/h3-4,7-8,12H,6H2,1-2H3. The van der Waals surface area contributed by atoms with Crippen molar-refractivity contribution in [3.63, 3.8) is 0 Å². The largest absolute Gasteiger partial charge is 0.440 e. The SMILES string of the molecule is CC(C)NC(C#N)CSc1ncco1. The molecule has 0 amide bonds. The van der Waals surface area contributed by atoms with E-state index in [-0.39, 0.29) is 6.04 Å². The lowest BCUT2D eigenvalue weighted by Crippen LogP contribution is -2.35. The van der Waals surface area contributed by atoms with Gasteiger partial charge in [0, 0.05) is 11.8 Å². The van der Waals surface area contributed by atoms with Crippen LogP contribution in [-0.2, 0) is 0 Å². The monoisotopic (exact) mass is 211 g/mol. The molecule has 14 heavy (non-hydrogen) atoms. The van der Waals surface area contributed by atoms with Gasteiger partial charge in [-0.3, -0.25) is 5.32 Å². The molecule has 0 spiro atoms. The summed E-state index contributed by atoms with van der Waals surface area (Å²) in [6.45, 7) is 4.03. The van der Waals surface area contributed by atoms with Crippen LogP contribution >= 0.6 is 11.8 Å². The molecule has 1 heterocycles. The molecule has 0 aromatic carbocycles. The molecule has 0 radical (unpaired) electrons. The summed E-state index contributed by atoms with van der Waals surface area (Å²) in [5.74, 6) is 0.648. The topological polar surface area (TPSA) is 61.9 Å². The highest BCUT2D eigenvalue weighted by molar-refractivity contribution is 7.99. The van der Waals surface area contributed by atoms with Gasteiger partial charge in [-0.05, 0) is 13.8 Å². The number of oxazole rings is 1. The van der Waals surface area contributed by atoms with Crippen LogP contribution in [0.3, 0.4) is 0 Å². The van der Waals surface area contributed by atoms with Crippen LogP contribution in [0.4, 0.5) is 0 Å². The molecule has 0 bridgehead atoms. The third kappa shape index (κ3) is 3.81. The van der Waals surface area contributed by atoms with Gasteiger partial charge in [0.15, 0.2) is 0 Å². The van der Waals surface area contributed by atoms with Crippen molar-refractivity contribution in [3.8, 4) is 6.07 Å². The normalized spacial score (nSPS) is 12.7. The maximum atomic E-state index is 8.83. The lowest BCUT2D eigenvalue weighted by Gasteiger charge is -2.12. The van der Waals surface area contributed by atoms with Gasteiger partial charge in [0.25, 0.3) is 5.22 Å². The Labute approximate surface area is 87.7 Å². The Bertz CT molecular complexity index is 292. The van der Waals surface area contributed by atoms with Crippen molar-refractivity contribution < 1.29 is 4.42 Å². The molecule has 1 atom stereocenters. The van der Waals surface area contributed by atoms with Crippen LogP contribution in [0.2, 0.25) is 0 Å². The summed E-state index contributed by atoms with van der Waals surface area (Å²) in [4.78, 5) is 3.96. The predicted molar refractivity (Wildman–Crippen MR) is 54.9 cm³/mol. The second-order valence-electron chi connectivity index (χ2n) is 3.11. The highest BCUT2D eigenvalue weighted by atomic mass is 32.2. The molecule has 1 N–H and O–H groups in total.